The van der Waals surface area contributed by atoms with Gasteiger partial charge in [-0.25, -0.2) is 4.79 Å². The number of ether oxygens (including phenoxy) is 1. The lowest BCUT2D eigenvalue weighted by molar-refractivity contribution is 0.0602. The number of aromatic nitrogens is 1. The van der Waals surface area contributed by atoms with Gasteiger partial charge in [-0.15, -0.1) is 0 Å². The smallest absolute Gasteiger partial charge is 0.340 e. The summed E-state index contributed by atoms with van der Waals surface area (Å²) in [5.41, 5.74) is 1.46. The average molecular weight is 363 g/mol. The molecule has 0 bridgehead atoms. The van der Waals surface area contributed by atoms with Crippen LogP contribution in [0.3, 0.4) is 0 Å². The molecule has 0 amide bonds. The molecule has 1 unspecified atom stereocenters. The zero-order valence-corrected chi connectivity index (χ0v) is 16.0. The summed E-state index contributed by atoms with van der Waals surface area (Å²) in [6, 6.07) is 6.12. The number of carbonyl (C=O) groups excluding carboxylic acids is 1. The number of halogens is 1. The third kappa shape index (κ3) is 4.65. The van der Waals surface area contributed by atoms with E-state index in [1.165, 1.54) is 26.4 Å². The van der Waals surface area contributed by atoms with E-state index in [1.807, 2.05) is 36.7 Å². The molecule has 5 heteroatoms. The summed E-state index contributed by atoms with van der Waals surface area (Å²) in [4.78, 5) is 12.0. The molecule has 0 aliphatic carbocycles. The molecule has 4 nitrogen and oxygen atoms in total. The number of carbonyl (C=O) groups is 1. The fourth-order valence-corrected chi connectivity index (χ4v) is 3.38. The monoisotopic (exact) mass is 362 g/mol. The van der Waals surface area contributed by atoms with Crippen molar-refractivity contribution in [3.63, 3.8) is 0 Å². The first kappa shape index (κ1) is 19.5. The Balaban J connectivity index is 0.00000109. The van der Waals surface area contributed by atoms with E-state index in [0.717, 1.165) is 17.4 Å². The fraction of sp³-hybridized carbons (Fsp3) is 0.450. The molecule has 0 saturated carbocycles. The van der Waals surface area contributed by atoms with Gasteiger partial charge in [0.1, 0.15) is 0 Å². The molecule has 25 heavy (non-hydrogen) atoms. The van der Waals surface area contributed by atoms with Gasteiger partial charge in [-0.2, -0.15) is 0 Å². The lowest BCUT2D eigenvalue weighted by Gasteiger charge is -2.20. The molecule has 3 rings (SSSR count). The Morgan fingerprint density at radius 1 is 1.40 bits per heavy atom. The first-order valence-corrected chi connectivity index (χ1v) is 9.34. The van der Waals surface area contributed by atoms with Crippen LogP contribution in [0.25, 0.3) is 10.9 Å². The van der Waals surface area contributed by atoms with Crippen LogP contribution >= 0.6 is 11.6 Å². The van der Waals surface area contributed by atoms with Crippen LogP contribution in [0.2, 0.25) is 5.02 Å². The second-order valence-corrected chi connectivity index (χ2v) is 6.21. The largest absolute Gasteiger partial charge is 0.465 e. The minimum absolute atomic E-state index is 0.361. The molecular weight excluding hydrogens is 336 g/mol. The van der Waals surface area contributed by atoms with Crippen molar-refractivity contribution in [1.29, 1.82) is 0 Å². The maximum atomic E-state index is 12.0. The second kappa shape index (κ2) is 9.64. The quantitative estimate of drug-likeness (QED) is 0.627. The van der Waals surface area contributed by atoms with Crippen molar-refractivity contribution in [2.24, 2.45) is 0 Å². The number of fused-ring (bicyclic) bond motifs is 1. The number of benzene rings is 1. The Morgan fingerprint density at radius 3 is 2.88 bits per heavy atom. The molecule has 1 atom stereocenters. The van der Waals surface area contributed by atoms with Gasteiger partial charge in [0.2, 0.25) is 0 Å². The van der Waals surface area contributed by atoms with Gasteiger partial charge in [0.15, 0.2) is 0 Å². The van der Waals surface area contributed by atoms with Crippen LogP contribution in [0.1, 0.15) is 43.5 Å². The summed E-state index contributed by atoms with van der Waals surface area (Å²) in [6.45, 7) is 5.79. The number of hydrogen-bond donors (Lipinski definition) is 1. The highest BCUT2D eigenvalue weighted by atomic mass is 35.5. The molecular formula is C20H27ClN2O2. The summed E-state index contributed by atoms with van der Waals surface area (Å²) in [6.07, 6.45) is 9.89. The topological polar surface area (TPSA) is 43.3 Å². The maximum Gasteiger partial charge on any atom is 0.340 e. The number of methoxy groups -OCH3 is 1. The molecule has 0 spiro atoms. The van der Waals surface area contributed by atoms with E-state index in [1.54, 1.807) is 6.07 Å². The SMILES string of the molecule is CC.COC(=O)c1cn(C/C=C/C2CCCCN2)c2cccc(Cl)c12. The van der Waals surface area contributed by atoms with Gasteiger partial charge >= 0.3 is 5.97 Å². The van der Waals surface area contributed by atoms with E-state index in [4.69, 9.17) is 16.3 Å². The van der Waals surface area contributed by atoms with Crippen LogP contribution in [0.4, 0.5) is 0 Å². The number of piperidine rings is 1. The van der Waals surface area contributed by atoms with Crippen molar-refractivity contribution in [2.75, 3.05) is 13.7 Å². The van der Waals surface area contributed by atoms with Crippen molar-refractivity contribution in [3.05, 3.63) is 47.1 Å². The van der Waals surface area contributed by atoms with Gasteiger partial charge in [0, 0.05) is 24.2 Å². The normalized spacial score (nSPS) is 17.4. The van der Waals surface area contributed by atoms with E-state index in [0.29, 0.717) is 23.2 Å². The second-order valence-electron chi connectivity index (χ2n) is 5.81. The van der Waals surface area contributed by atoms with Gasteiger partial charge in [-0.05, 0) is 31.5 Å². The van der Waals surface area contributed by atoms with Gasteiger partial charge in [0.05, 0.1) is 23.2 Å². The Morgan fingerprint density at radius 2 is 2.20 bits per heavy atom. The third-order valence-corrected chi connectivity index (χ3v) is 4.59. The third-order valence-electron chi connectivity index (χ3n) is 4.28. The lowest BCUT2D eigenvalue weighted by atomic mass is 10.0. The summed E-state index contributed by atoms with van der Waals surface area (Å²) in [5, 5.41) is 4.82. The maximum absolute atomic E-state index is 12.0. The summed E-state index contributed by atoms with van der Waals surface area (Å²) < 4.78 is 6.91. The van der Waals surface area contributed by atoms with Gasteiger partial charge in [0.25, 0.3) is 0 Å². The summed E-state index contributed by atoms with van der Waals surface area (Å²) in [7, 11) is 1.39. The molecule has 1 N–H and O–H groups in total. The Labute approximate surface area is 154 Å². The first-order chi connectivity index (χ1) is 12.2. The van der Waals surface area contributed by atoms with Crippen LogP contribution < -0.4 is 5.32 Å². The number of nitrogens with one attached hydrogen (secondary N) is 1. The van der Waals surface area contributed by atoms with Crippen molar-refractivity contribution in [2.45, 2.75) is 45.7 Å². The highest BCUT2D eigenvalue weighted by Gasteiger charge is 2.17. The van der Waals surface area contributed by atoms with E-state index in [9.17, 15) is 4.79 Å². The van der Waals surface area contributed by atoms with Crippen LogP contribution in [0, 0.1) is 0 Å². The Kier molecular flexibility index (Phi) is 7.53. The zero-order valence-electron chi connectivity index (χ0n) is 15.2. The summed E-state index contributed by atoms with van der Waals surface area (Å²) >= 11 is 6.28. The molecule has 0 radical (unpaired) electrons. The van der Waals surface area contributed by atoms with Crippen molar-refractivity contribution in [3.8, 4) is 0 Å². The molecule has 1 aromatic carbocycles. The van der Waals surface area contributed by atoms with E-state index in [2.05, 4.69) is 17.5 Å². The van der Waals surface area contributed by atoms with Crippen LogP contribution in [0.5, 0.6) is 0 Å². The fourth-order valence-electron chi connectivity index (χ4n) is 3.11. The number of rotatable bonds is 4. The number of esters is 1. The predicted octanol–water partition coefficient (Wildman–Crippen LogP) is 4.81. The van der Waals surface area contributed by atoms with Crippen molar-refractivity contribution >= 4 is 28.5 Å². The standard InChI is InChI=1S/C18H21ClN2O2.C2H6/c1-23-18(22)14-12-21(16-9-4-8-15(19)17(14)16)11-5-7-13-6-2-3-10-20-13;1-2/h4-5,7-9,12-13,20H,2-3,6,10-11H2,1H3;1-2H3/b7-5+;. The Bertz CT molecular complexity index is 731. The first-order valence-electron chi connectivity index (χ1n) is 8.96. The average Bonchev–Trinajstić information content (AvgIpc) is 3.04. The highest BCUT2D eigenvalue weighted by molar-refractivity contribution is 6.36. The Hall–Kier alpha value is -1.78. The minimum Gasteiger partial charge on any atom is -0.465 e. The predicted molar refractivity (Wildman–Crippen MR) is 104 cm³/mol. The molecule has 1 aliphatic rings. The molecule has 2 heterocycles. The van der Waals surface area contributed by atoms with Crippen LogP contribution in [-0.2, 0) is 11.3 Å². The highest BCUT2D eigenvalue weighted by Crippen LogP contribution is 2.29. The van der Waals surface area contributed by atoms with Crippen molar-refractivity contribution in [1.82, 2.24) is 9.88 Å². The zero-order chi connectivity index (χ0) is 18.2. The molecule has 2 aromatic rings. The molecule has 1 fully saturated rings. The van der Waals surface area contributed by atoms with Gasteiger partial charge < -0.3 is 14.6 Å². The van der Waals surface area contributed by atoms with Crippen LogP contribution in [-0.4, -0.2) is 30.2 Å². The number of hydrogen-bond acceptors (Lipinski definition) is 3. The lowest BCUT2D eigenvalue weighted by Crippen LogP contribution is -2.32. The number of nitrogens with zero attached hydrogens (tertiary/aromatic N) is 1. The van der Waals surface area contributed by atoms with E-state index < -0.39 is 0 Å². The van der Waals surface area contributed by atoms with E-state index >= 15 is 0 Å². The van der Waals surface area contributed by atoms with Gasteiger partial charge in [-0.1, -0.05) is 50.1 Å². The molecule has 1 saturated heterocycles. The number of allylic oxidation sites excluding steroid dienone is 1. The minimum atomic E-state index is -0.361. The molecule has 1 aromatic heterocycles. The summed E-state index contributed by atoms with van der Waals surface area (Å²) in [5.74, 6) is -0.361. The molecule has 136 valence electrons. The van der Waals surface area contributed by atoms with Crippen molar-refractivity contribution < 1.29 is 9.53 Å². The van der Waals surface area contributed by atoms with Gasteiger partial charge in [-0.3, -0.25) is 0 Å². The van der Waals surface area contributed by atoms with Crippen LogP contribution in [0.15, 0.2) is 36.5 Å². The molecule has 1 aliphatic heterocycles. The van der Waals surface area contributed by atoms with E-state index in [-0.39, 0.29) is 5.97 Å².